The Bertz CT molecular complexity index is 548. The van der Waals surface area contributed by atoms with Gasteiger partial charge in [0.15, 0.2) is 5.75 Å². The number of nitrogens with one attached hydrogen (secondary N) is 1. The second-order valence-electron chi connectivity index (χ2n) is 5.79. The molecule has 1 aromatic rings. The lowest BCUT2D eigenvalue weighted by Crippen LogP contribution is -2.37. The van der Waals surface area contributed by atoms with E-state index in [0.717, 1.165) is 51.5 Å². The van der Waals surface area contributed by atoms with Gasteiger partial charge >= 0.3 is 5.69 Å². The van der Waals surface area contributed by atoms with E-state index in [1.54, 1.807) is 0 Å². The second-order valence-corrected chi connectivity index (χ2v) is 6.23. The summed E-state index contributed by atoms with van der Waals surface area (Å²) in [6.45, 7) is 3.84. The molecule has 0 bridgehead atoms. The molecule has 1 aliphatic heterocycles. The van der Waals surface area contributed by atoms with Crippen LogP contribution in [0.25, 0.3) is 0 Å². The van der Waals surface area contributed by atoms with Gasteiger partial charge in [-0.2, -0.15) is 0 Å². The minimum absolute atomic E-state index is 0.161. The van der Waals surface area contributed by atoms with E-state index in [9.17, 15) is 20.3 Å². The van der Waals surface area contributed by atoms with E-state index in [2.05, 4.69) is 10.2 Å². The number of nitro groups is 1. The molecule has 0 aliphatic carbocycles. The zero-order chi connectivity index (χ0) is 16.8. The molecule has 1 heterocycles. The SMILES string of the molecule is O=[N+]([O-])c1cc(Cl)cc(CNCCCN2CCC(O)CC2)c1O. The van der Waals surface area contributed by atoms with Crippen molar-refractivity contribution in [2.45, 2.75) is 31.9 Å². The fraction of sp³-hybridized carbons (Fsp3) is 0.600. The molecule has 0 saturated carbocycles. The van der Waals surface area contributed by atoms with Crippen molar-refractivity contribution in [1.29, 1.82) is 0 Å². The maximum atomic E-state index is 10.8. The molecular weight excluding hydrogens is 322 g/mol. The summed E-state index contributed by atoms with van der Waals surface area (Å²) >= 11 is 5.85. The second kappa shape index (κ2) is 8.44. The van der Waals surface area contributed by atoms with Crippen molar-refractivity contribution in [3.05, 3.63) is 32.8 Å². The molecule has 7 nitrogen and oxygen atoms in total. The summed E-state index contributed by atoms with van der Waals surface area (Å²) in [4.78, 5) is 12.5. The topological polar surface area (TPSA) is 98.9 Å². The number of aliphatic hydroxyl groups is 1. The van der Waals surface area contributed by atoms with Crippen LogP contribution in [-0.4, -0.2) is 52.3 Å². The molecule has 1 saturated heterocycles. The summed E-state index contributed by atoms with van der Waals surface area (Å²) in [7, 11) is 0. The molecule has 0 unspecified atom stereocenters. The number of hydrogen-bond acceptors (Lipinski definition) is 6. The van der Waals surface area contributed by atoms with Crippen molar-refractivity contribution in [1.82, 2.24) is 10.2 Å². The average Bonchev–Trinajstić information content (AvgIpc) is 2.51. The minimum Gasteiger partial charge on any atom is -0.502 e. The van der Waals surface area contributed by atoms with Crippen molar-refractivity contribution >= 4 is 17.3 Å². The third kappa shape index (κ3) is 5.31. The molecule has 8 heteroatoms. The molecule has 1 aromatic carbocycles. The molecule has 128 valence electrons. The molecule has 0 spiro atoms. The number of piperidine rings is 1. The number of phenols is 1. The van der Waals surface area contributed by atoms with Gasteiger partial charge in [0, 0.05) is 36.3 Å². The van der Waals surface area contributed by atoms with Gasteiger partial charge in [-0.05, 0) is 38.4 Å². The summed E-state index contributed by atoms with van der Waals surface area (Å²) in [6.07, 6.45) is 2.42. The number of phenolic OH excluding ortho intramolecular Hbond substituents is 1. The van der Waals surface area contributed by atoms with Crippen LogP contribution in [0.2, 0.25) is 5.02 Å². The summed E-state index contributed by atoms with van der Waals surface area (Å²) in [5.41, 5.74) is 0.0477. The molecule has 0 aromatic heterocycles. The third-order valence-corrected chi connectivity index (χ3v) is 4.25. The van der Waals surface area contributed by atoms with Crippen LogP contribution in [0.5, 0.6) is 5.75 Å². The Hall–Kier alpha value is -1.41. The normalized spacial score (nSPS) is 16.6. The Morgan fingerprint density at radius 3 is 2.74 bits per heavy atom. The van der Waals surface area contributed by atoms with Crippen LogP contribution >= 0.6 is 11.6 Å². The van der Waals surface area contributed by atoms with E-state index in [-0.39, 0.29) is 22.6 Å². The lowest BCUT2D eigenvalue weighted by molar-refractivity contribution is -0.385. The maximum absolute atomic E-state index is 10.8. The summed E-state index contributed by atoms with van der Waals surface area (Å²) in [6, 6.07) is 2.67. The zero-order valence-corrected chi connectivity index (χ0v) is 13.6. The molecule has 2 rings (SSSR count). The van der Waals surface area contributed by atoms with Crippen molar-refractivity contribution in [3.8, 4) is 5.75 Å². The van der Waals surface area contributed by atoms with E-state index in [4.69, 9.17) is 11.6 Å². The summed E-state index contributed by atoms with van der Waals surface area (Å²) < 4.78 is 0. The van der Waals surface area contributed by atoms with Crippen molar-refractivity contribution in [2.24, 2.45) is 0 Å². The van der Waals surface area contributed by atoms with Crippen molar-refractivity contribution in [2.75, 3.05) is 26.2 Å². The maximum Gasteiger partial charge on any atom is 0.312 e. The highest BCUT2D eigenvalue weighted by atomic mass is 35.5. The number of aromatic hydroxyl groups is 1. The highest BCUT2D eigenvalue weighted by Crippen LogP contribution is 2.33. The molecule has 0 radical (unpaired) electrons. The van der Waals surface area contributed by atoms with Crippen LogP contribution in [0.15, 0.2) is 12.1 Å². The Labute approximate surface area is 140 Å². The molecule has 0 atom stereocenters. The highest BCUT2D eigenvalue weighted by molar-refractivity contribution is 6.31. The number of hydrogen-bond donors (Lipinski definition) is 3. The predicted molar refractivity (Wildman–Crippen MR) is 87.8 cm³/mol. The first kappa shape index (κ1) is 17.9. The third-order valence-electron chi connectivity index (χ3n) is 4.03. The first-order valence-electron chi connectivity index (χ1n) is 7.74. The van der Waals surface area contributed by atoms with Gasteiger partial charge < -0.3 is 20.4 Å². The van der Waals surface area contributed by atoms with Gasteiger partial charge in [-0.25, -0.2) is 0 Å². The average molecular weight is 344 g/mol. The first-order chi connectivity index (χ1) is 11.0. The van der Waals surface area contributed by atoms with Gasteiger partial charge in [0.05, 0.1) is 11.0 Å². The quantitative estimate of drug-likeness (QED) is 0.397. The smallest absolute Gasteiger partial charge is 0.312 e. The number of nitro benzene ring substituents is 1. The predicted octanol–water partition coefficient (Wildman–Crippen LogP) is 1.89. The number of nitrogens with zero attached hydrogens (tertiary/aromatic N) is 2. The number of likely N-dealkylation sites (tertiary alicyclic amines) is 1. The van der Waals surface area contributed by atoms with E-state index in [0.29, 0.717) is 12.1 Å². The molecular formula is C15H22ClN3O4. The molecule has 3 N–H and O–H groups in total. The highest BCUT2D eigenvalue weighted by Gasteiger charge is 2.18. The van der Waals surface area contributed by atoms with Crippen LogP contribution in [0.3, 0.4) is 0 Å². The Morgan fingerprint density at radius 1 is 1.39 bits per heavy atom. The van der Waals surface area contributed by atoms with Gasteiger partial charge in [-0.1, -0.05) is 11.6 Å². The van der Waals surface area contributed by atoms with Crippen molar-refractivity contribution < 1.29 is 15.1 Å². The van der Waals surface area contributed by atoms with Crippen LogP contribution in [0, 0.1) is 10.1 Å². The zero-order valence-electron chi connectivity index (χ0n) is 12.9. The molecule has 23 heavy (non-hydrogen) atoms. The molecule has 0 amide bonds. The summed E-state index contributed by atoms with van der Waals surface area (Å²) in [5.74, 6) is -0.336. The van der Waals surface area contributed by atoms with E-state index in [1.165, 1.54) is 6.07 Å². The van der Waals surface area contributed by atoms with Gasteiger partial charge in [-0.3, -0.25) is 10.1 Å². The monoisotopic (exact) mass is 343 g/mol. The fourth-order valence-corrected chi connectivity index (χ4v) is 2.94. The van der Waals surface area contributed by atoms with Crippen LogP contribution in [-0.2, 0) is 6.54 Å². The molecule has 1 aliphatic rings. The number of benzene rings is 1. The number of rotatable bonds is 7. The van der Waals surface area contributed by atoms with E-state index >= 15 is 0 Å². The first-order valence-corrected chi connectivity index (χ1v) is 8.12. The van der Waals surface area contributed by atoms with Crippen LogP contribution in [0.4, 0.5) is 5.69 Å². The standard InChI is InChI=1S/C15H22ClN3O4/c16-12-8-11(15(21)14(9-12)19(22)23)10-17-4-1-5-18-6-2-13(20)3-7-18/h8-9,13,17,20-21H,1-7,10H2. The van der Waals surface area contributed by atoms with E-state index in [1.807, 2.05) is 0 Å². The lowest BCUT2D eigenvalue weighted by atomic mass is 10.1. The Balaban J connectivity index is 1.75. The van der Waals surface area contributed by atoms with Crippen molar-refractivity contribution in [3.63, 3.8) is 0 Å². The fourth-order valence-electron chi connectivity index (χ4n) is 2.71. The Morgan fingerprint density at radius 2 is 2.09 bits per heavy atom. The van der Waals surface area contributed by atoms with Gasteiger partial charge in [0.25, 0.3) is 0 Å². The lowest BCUT2D eigenvalue weighted by Gasteiger charge is -2.29. The van der Waals surface area contributed by atoms with Crippen LogP contribution < -0.4 is 5.32 Å². The minimum atomic E-state index is -0.643. The Kier molecular flexibility index (Phi) is 6.59. The van der Waals surface area contributed by atoms with Gasteiger partial charge in [-0.15, -0.1) is 0 Å². The van der Waals surface area contributed by atoms with Gasteiger partial charge in [0.2, 0.25) is 0 Å². The molecule has 1 fully saturated rings. The largest absolute Gasteiger partial charge is 0.502 e. The number of aliphatic hydroxyl groups excluding tert-OH is 1. The number of halogens is 1. The van der Waals surface area contributed by atoms with E-state index < -0.39 is 4.92 Å². The summed E-state index contributed by atoms with van der Waals surface area (Å²) in [5, 5.41) is 33.6. The van der Waals surface area contributed by atoms with Crippen LogP contribution in [0.1, 0.15) is 24.8 Å². The van der Waals surface area contributed by atoms with Gasteiger partial charge in [0.1, 0.15) is 0 Å².